The topological polar surface area (TPSA) is 98.1 Å². The Morgan fingerprint density at radius 3 is 2.72 bits per heavy atom. The normalized spacial score (nSPS) is 23.3. The Balaban J connectivity index is 1.81. The Bertz CT molecular complexity index is 485. The highest BCUT2D eigenvalue weighted by Crippen LogP contribution is 2.39. The first-order valence-corrected chi connectivity index (χ1v) is 6.32. The highest BCUT2D eigenvalue weighted by atomic mass is 16.1. The Labute approximate surface area is 105 Å². The molecule has 4 N–H and O–H groups in total. The van der Waals surface area contributed by atoms with Gasteiger partial charge in [0.05, 0.1) is 5.92 Å². The average molecular weight is 247 g/mol. The molecule has 0 spiro atoms. The molecule has 0 bridgehead atoms. The van der Waals surface area contributed by atoms with E-state index in [4.69, 9.17) is 11.5 Å². The number of carbonyl (C=O) groups is 1. The Morgan fingerprint density at radius 1 is 1.33 bits per heavy atom. The first kappa shape index (κ1) is 11.3. The minimum Gasteiger partial charge on any atom is -0.384 e. The SMILES string of the molecule is NC(=O)C1CCN(c2cc(N)nc(C3CC3)n2)C1. The van der Waals surface area contributed by atoms with Crippen molar-refractivity contribution in [1.82, 2.24) is 9.97 Å². The number of anilines is 2. The van der Waals surface area contributed by atoms with Crippen LogP contribution >= 0.6 is 0 Å². The standard InChI is InChI=1S/C12H17N5O/c13-9-5-10(16-12(15-9)7-1-2-7)17-4-3-8(6-17)11(14)18/h5,7-8H,1-4,6H2,(H2,14,18)(H2,13,15,16). The molecule has 1 aliphatic heterocycles. The van der Waals surface area contributed by atoms with Gasteiger partial charge in [-0.05, 0) is 19.3 Å². The highest BCUT2D eigenvalue weighted by molar-refractivity contribution is 5.78. The van der Waals surface area contributed by atoms with Crippen molar-refractivity contribution in [1.29, 1.82) is 0 Å². The first-order chi connectivity index (χ1) is 8.63. The Hall–Kier alpha value is -1.85. The van der Waals surface area contributed by atoms with E-state index in [0.717, 1.165) is 37.4 Å². The molecule has 1 aromatic heterocycles. The van der Waals surface area contributed by atoms with Crippen LogP contribution in [0.1, 0.15) is 31.0 Å². The quantitative estimate of drug-likeness (QED) is 0.797. The van der Waals surface area contributed by atoms with Gasteiger partial charge in [0.15, 0.2) is 0 Å². The van der Waals surface area contributed by atoms with Crippen molar-refractivity contribution in [3.8, 4) is 0 Å². The fraction of sp³-hybridized carbons (Fsp3) is 0.583. The van der Waals surface area contributed by atoms with Gasteiger partial charge in [-0.1, -0.05) is 0 Å². The van der Waals surface area contributed by atoms with Gasteiger partial charge in [-0.15, -0.1) is 0 Å². The van der Waals surface area contributed by atoms with Crippen molar-refractivity contribution in [2.45, 2.75) is 25.2 Å². The summed E-state index contributed by atoms with van der Waals surface area (Å²) in [4.78, 5) is 22.1. The van der Waals surface area contributed by atoms with Gasteiger partial charge in [0.2, 0.25) is 5.91 Å². The summed E-state index contributed by atoms with van der Waals surface area (Å²) in [5, 5.41) is 0. The Morgan fingerprint density at radius 2 is 2.11 bits per heavy atom. The van der Waals surface area contributed by atoms with E-state index in [9.17, 15) is 4.79 Å². The summed E-state index contributed by atoms with van der Waals surface area (Å²) in [7, 11) is 0. The zero-order valence-electron chi connectivity index (χ0n) is 10.2. The molecule has 6 nitrogen and oxygen atoms in total. The molecule has 1 unspecified atom stereocenters. The minimum atomic E-state index is -0.234. The van der Waals surface area contributed by atoms with Crippen LogP contribution in [0, 0.1) is 5.92 Å². The summed E-state index contributed by atoms with van der Waals surface area (Å²) in [6, 6.07) is 1.77. The summed E-state index contributed by atoms with van der Waals surface area (Å²) in [5.74, 6) is 2.33. The molecule has 0 radical (unpaired) electrons. The fourth-order valence-electron chi connectivity index (χ4n) is 2.36. The number of carbonyl (C=O) groups excluding carboxylic acids is 1. The van der Waals surface area contributed by atoms with Crippen LogP contribution in [0.25, 0.3) is 0 Å². The van der Waals surface area contributed by atoms with Crippen LogP contribution in [0.3, 0.4) is 0 Å². The predicted molar refractivity (Wildman–Crippen MR) is 67.9 cm³/mol. The molecule has 0 aromatic carbocycles. The molecule has 2 aliphatic rings. The van der Waals surface area contributed by atoms with Gasteiger partial charge in [-0.2, -0.15) is 0 Å². The molecule has 96 valence electrons. The molecule has 6 heteroatoms. The van der Waals surface area contributed by atoms with Gasteiger partial charge in [-0.25, -0.2) is 9.97 Å². The third-order valence-electron chi connectivity index (χ3n) is 3.61. The second kappa shape index (κ2) is 4.12. The molecule has 1 saturated carbocycles. The van der Waals surface area contributed by atoms with Crippen LogP contribution < -0.4 is 16.4 Å². The third-order valence-corrected chi connectivity index (χ3v) is 3.61. The van der Waals surface area contributed by atoms with Gasteiger partial charge in [0, 0.05) is 25.1 Å². The van der Waals surface area contributed by atoms with Crippen molar-refractivity contribution in [3.05, 3.63) is 11.9 Å². The second-order valence-corrected chi connectivity index (χ2v) is 5.12. The molecular formula is C12H17N5O. The molecule has 3 rings (SSSR count). The van der Waals surface area contributed by atoms with E-state index in [0.29, 0.717) is 18.3 Å². The summed E-state index contributed by atoms with van der Waals surface area (Å²) in [6.07, 6.45) is 3.08. The van der Waals surface area contributed by atoms with E-state index in [2.05, 4.69) is 14.9 Å². The minimum absolute atomic E-state index is 0.0782. The van der Waals surface area contributed by atoms with E-state index in [1.807, 2.05) is 0 Å². The maximum absolute atomic E-state index is 11.2. The molecular weight excluding hydrogens is 230 g/mol. The molecule has 1 aliphatic carbocycles. The van der Waals surface area contributed by atoms with Crippen LogP contribution in [0.4, 0.5) is 11.6 Å². The molecule has 1 aromatic rings. The largest absolute Gasteiger partial charge is 0.384 e. The number of nitrogens with two attached hydrogens (primary N) is 2. The molecule has 2 heterocycles. The summed E-state index contributed by atoms with van der Waals surface area (Å²) in [6.45, 7) is 1.43. The van der Waals surface area contributed by atoms with Gasteiger partial charge < -0.3 is 16.4 Å². The van der Waals surface area contributed by atoms with Crippen molar-refractivity contribution >= 4 is 17.5 Å². The van der Waals surface area contributed by atoms with E-state index >= 15 is 0 Å². The lowest BCUT2D eigenvalue weighted by Crippen LogP contribution is -2.28. The lowest BCUT2D eigenvalue weighted by atomic mass is 10.1. The van der Waals surface area contributed by atoms with E-state index in [1.165, 1.54) is 0 Å². The van der Waals surface area contributed by atoms with Crippen molar-refractivity contribution in [2.75, 3.05) is 23.7 Å². The van der Waals surface area contributed by atoms with Crippen LogP contribution in [0.2, 0.25) is 0 Å². The van der Waals surface area contributed by atoms with Gasteiger partial charge in [0.25, 0.3) is 0 Å². The number of primary amides is 1. The lowest BCUT2D eigenvalue weighted by molar-refractivity contribution is -0.121. The van der Waals surface area contributed by atoms with Gasteiger partial charge >= 0.3 is 0 Å². The number of hydrogen-bond donors (Lipinski definition) is 2. The van der Waals surface area contributed by atoms with Crippen LogP contribution in [-0.4, -0.2) is 29.0 Å². The maximum Gasteiger partial charge on any atom is 0.222 e. The second-order valence-electron chi connectivity index (χ2n) is 5.12. The number of nitrogens with zero attached hydrogens (tertiary/aromatic N) is 3. The number of aromatic nitrogens is 2. The molecule has 1 atom stereocenters. The summed E-state index contributed by atoms with van der Waals surface area (Å²) in [5.41, 5.74) is 11.2. The number of rotatable bonds is 3. The zero-order valence-corrected chi connectivity index (χ0v) is 10.2. The monoisotopic (exact) mass is 247 g/mol. The molecule has 1 saturated heterocycles. The maximum atomic E-state index is 11.2. The molecule has 2 fully saturated rings. The summed E-state index contributed by atoms with van der Waals surface area (Å²) >= 11 is 0. The van der Waals surface area contributed by atoms with Crippen LogP contribution in [0.15, 0.2) is 6.07 Å². The van der Waals surface area contributed by atoms with Crippen molar-refractivity contribution in [2.24, 2.45) is 11.7 Å². The van der Waals surface area contributed by atoms with E-state index in [-0.39, 0.29) is 11.8 Å². The lowest BCUT2D eigenvalue weighted by Gasteiger charge is -2.18. The third kappa shape index (κ3) is 2.10. The van der Waals surface area contributed by atoms with E-state index in [1.54, 1.807) is 6.07 Å². The van der Waals surface area contributed by atoms with Gasteiger partial charge in [-0.3, -0.25) is 4.79 Å². The highest BCUT2D eigenvalue weighted by Gasteiger charge is 2.30. The summed E-state index contributed by atoms with van der Waals surface area (Å²) < 4.78 is 0. The fourth-order valence-corrected chi connectivity index (χ4v) is 2.36. The van der Waals surface area contributed by atoms with Crippen molar-refractivity contribution < 1.29 is 4.79 Å². The van der Waals surface area contributed by atoms with Crippen LogP contribution in [0.5, 0.6) is 0 Å². The number of amides is 1. The zero-order chi connectivity index (χ0) is 12.7. The van der Waals surface area contributed by atoms with E-state index < -0.39 is 0 Å². The van der Waals surface area contributed by atoms with Crippen molar-refractivity contribution in [3.63, 3.8) is 0 Å². The Kier molecular flexibility index (Phi) is 2.57. The number of hydrogen-bond acceptors (Lipinski definition) is 5. The smallest absolute Gasteiger partial charge is 0.222 e. The molecule has 18 heavy (non-hydrogen) atoms. The first-order valence-electron chi connectivity index (χ1n) is 6.32. The van der Waals surface area contributed by atoms with Gasteiger partial charge in [0.1, 0.15) is 17.5 Å². The average Bonchev–Trinajstić information content (AvgIpc) is 3.05. The van der Waals surface area contributed by atoms with Crippen LogP contribution in [-0.2, 0) is 4.79 Å². The molecule has 1 amide bonds. The predicted octanol–water partition coefficient (Wildman–Crippen LogP) is 0.248. The number of nitrogen functional groups attached to an aromatic ring is 1.